The normalized spacial score (nSPS) is 10.5. The lowest BCUT2D eigenvalue weighted by atomic mass is 10.1. The van der Waals surface area contributed by atoms with Gasteiger partial charge in [0.25, 0.3) is 5.56 Å². The SMILES string of the molecule is O=C(Cn1nc(-c2ccccc2)ccc1=O)Nc1ncccc1OCc1ccncc1. The Morgan fingerprint density at radius 1 is 0.935 bits per heavy atom. The van der Waals surface area contributed by atoms with Crippen LogP contribution in [-0.2, 0) is 17.9 Å². The van der Waals surface area contributed by atoms with Gasteiger partial charge in [-0.25, -0.2) is 9.67 Å². The van der Waals surface area contributed by atoms with Gasteiger partial charge >= 0.3 is 0 Å². The van der Waals surface area contributed by atoms with E-state index < -0.39 is 5.91 Å². The first-order valence-electron chi connectivity index (χ1n) is 9.59. The predicted molar refractivity (Wildman–Crippen MR) is 115 cm³/mol. The molecule has 0 atom stereocenters. The molecule has 8 heteroatoms. The molecule has 0 fully saturated rings. The lowest BCUT2D eigenvalue weighted by Crippen LogP contribution is -2.29. The van der Waals surface area contributed by atoms with Crippen molar-refractivity contribution in [3.05, 3.63) is 101 Å². The molecule has 1 N–H and O–H groups in total. The Labute approximate surface area is 178 Å². The van der Waals surface area contributed by atoms with Crippen LogP contribution in [0.2, 0.25) is 0 Å². The fourth-order valence-corrected chi connectivity index (χ4v) is 2.87. The number of aromatic nitrogens is 4. The van der Waals surface area contributed by atoms with Crippen LogP contribution in [0, 0.1) is 0 Å². The molecule has 0 unspecified atom stereocenters. The molecule has 0 aliphatic heterocycles. The molecule has 0 radical (unpaired) electrons. The molecular weight excluding hydrogens is 394 g/mol. The van der Waals surface area contributed by atoms with E-state index in [0.717, 1.165) is 15.8 Å². The molecule has 3 heterocycles. The Kier molecular flexibility index (Phi) is 6.08. The van der Waals surface area contributed by atoms with Gasteiger partial charge in [0.15, 0.2) is 11.6 Å². The third kappa shape index (κ3) is 5.18. The summed E-state index contributed by atoms with van der Waals surface area (Å²) in [5.41, 5.74) is 2.02. The monoisotopic (exact) mass is 413 g/mol. The molecule has 0 aliphatic rings. The highest BCUT2D eigenvalue weighted by Crippen LogP contribution is 2.22. The molecule has 0 saturated carbocycles. The number of nitrogens with zero attached hydrogens (tertiary/aromatic N) is 4. The van der Waals surface area contributed by atoms with Gasteiger partial charge in [0, 0.05) is 30.2 Å². The van der Waals surface area contributed by atoms with Crippen molar-refractivity contribution in [2.75, 3.05) is 5.32 Å². The van der Waals surface area contributed by atoms with Crippen LogP contribution in [0.1, 0.15) is 5.56 Å². The molecule has 0 spiro atoms. The summed E-state index contributed by atoms with van der Waals surface area (Å²) in [6, 6.07) is 19.6. The Morgan fingerprint density at radius 2 is 1.74 bits per heavy atom. The molecular formula is C23H19N5O3. The number of amides is 1. The number of anilines is 1. The van der Waals surface area contributed by atoms with E-state index in [1.54, 1.807) is 36.8 Å². The fraction of sp³-hybridized carbons (Fsp3) is 0.0870. The van der Waals surface area contributed by atoms with Gasteiger partial charge < -0.3 is 10.1 Å². The number of ether oxygens (including phenoxy) is 1. The van der Waals surface area contributed by atoms with Gasteiger partial charge in [-0.3, -0.25) is 14.6 Å². The Morgan fingerprint density at radius 3 is 2.55 bits per heavy atom. The van der Waals surface area contributed by atoms with Crippen molar-refractivity contribution in [2.45, 2.75) is 13.2 Å². The van der Waals surface area contributed by atoms with Gasteiger partial charge in [0.05, 0.1) is 5.69 Å². The average Bonchev–Trinajstić information content (AvgIpc) is 2.81. The Balaban J connectivity index is 1.47. The van der Waals surface area contributed by atoms with E-state index >= 15 is 0 Å². The molecule has 0 bridgehead atoms. The molecule has 4 aromatic rings. The first-order valence-corrected chi connectivity index (χ1v) is 9.59. The van der Waals surface area contributed by atoms with Crippen molar-refractivity contribution in [1.82, 2.24) is 19.7 Å². The van der Waals surface area contributed by atoms with Gasteiger partial charge in [-0.1, -0.05) is 30.3 Å². The van der Waals surface area contributed by atoms with E-state index in [2.05, 4.69) is 20.4 Å². The molecule has 4 rings (SSSR count). The van der Waals surface area contributed by atoms with E-state index in [-0.39, 0.29) is 17.9 Å². The summed E-state index contributed by atoms with van der Waals surface area (Å²) in [6.07, 6.45) is 4.91. The molecule has 154 valence electrons. The summed E-state index contributed by atoms with van der Waals surface area (Å²) >= 11 is 0. The third-order valence-electron chi connectivity index (χ3n) is 4.40. The molecule has 0 saturated heterocycles. The van der Waals surface area contributed by atoms with Crippen LogP contribution in [0.5, 0.6) is 5.75 Å². The molecule has 3 aromatic heterocycles. The van der Waals surface area contributed by atoms with Crippen molar-refractivity contribution >= 4 is 11.7 Å². The minimum absolute atomic E-state index is 0.250. The summed E-state index contributed by atoms with van der Waals surface area (Å²) in [5.74, 6) is 0.257. The maximum Gasteiger partial charge on any atom is 0.267 e. The van der Waals surface area contributed by atoms with Crippen LogP contribution >= 0.6 is 0 Å². The van der Waals surface area contributed by atoms with Crippen molar-refractivity contribution < 1.29 is 9.53 Å². The largest absolute Gasteiger partial charge is 0.485 e. The number of pyridine rings is 2. The summed E-state index contributed by atoms with van der Waals surface area (Å²) in [7, 11) is 0. The maximum absolute atomic E-state index is 12.6. The van der Waals surface area contributed by atoms with E-state index in [1.165, 1.54) is 6.07 Å². The minimum atomic E-state index is -0.438. The summed E-state index contributed by atoms with van der Waals surface area (Å²) in [5, 5.41) is 7.00. The summed E-state index contributed by atoms with van der Waals surface area (Å²) in [6.45, 7) is 0.0527. The molecule has 0 aliphatic carbocycles. The van der Waals surface area contributed by atoms with E-state index in [9.17, 15) is 9.59 Å². The first kappa shape index (κ1) is 20.0. The summed E-state index contributed by atoms with van der Waals surface area (Å²) in [4.78, 5) is 32.9. The van der Waals surface area contributed by atoms with Gasteiger partial charge in [-0.15, -0.1) is 0 Å². The van der Waals surface area contributed by atoms with E-state index in [4.69, 9.17) is 4.74 Å². The van der Waals surface area contributed by atoms with Crippen LogP contribution in [0.25, 0.3) is 11.3 Å². The molecule has 1 aromatic carbocycles. The van der Waals surface area contributed by atoms with Gasteiger partial charge in [0.1, 0.15) is 13.2 Å². The lowest BCUT2D eigenvalue weighted by molar-refractivity contribution is -0.117. The topological polar surface area (TPSA) is 99.0 Å². The van der Waals surface area contributed by atoms with Crippen molar-refractivity contribution in [3.63, 3.8) is 0 Å². The highest BCUT2D eigenvalue weighted by atomic mass is 16.5. The smallest absolute Gasteiger partial charge is 0.267 e. The second-order valence-corrected chi connectivity index (χ2v) is 6.62. The van der Waals surface area contributed by atoms with Crippen LogP contribution in [0.3, 0.4) is 0 Å². The second kappa shape index (κ2) is 9.45. The first-order chi connectivity index (χ1) is 15.2. The number of nitrogens with one attached hydrogen (secondary N) is 1. The number of hydrogen-bond donors (Lipinski definition) is 1. The third-order valence-corrected chi connectivity index (χ3v) is 4.40. The standard InChI is InChI=1S/C23H19N5O3/c29-21(15-28-22(30)9-8-19(27-28)18-5-2-1-3-6-18)26-23-20(7-4-12-25-23)31-16-17-10-13-24-14-11-17/h1-14H,15-16H2,(H,25,26,29). The van der Waals surface area contributed by atoms with Gasteiger partial charge in [-0.2, -0.15) is 5.10 Å². The number of hydrogen-bond acceptors (Lipinski definition) is 6. The molecule has 8 nitrogen and oxygen atoms in total. The second-order valence-electron chi connectivity index (χ2n) is 6.62. The number of rotatable bonds is 7. The van der Waals surface area contributed by atoms with E-state index in [0.29, 0.717) is 18.1 Å². The Hall–Kier alpha value is -4.33. The zero-order valence-corrected chi connectivity index (χ0v) is 16.5. The lowest BCUT2D eigenvalue weighted by Gasteiger charge is -2.12. The molecule has 31 heavy (non-hydrogen) atoms. The van der Waals surface area contributed by atoms with Gasteiger partial charge in [-0.05, 0) is 35.9 Å². The highest BCUT2D eigenvalue weighted by molar-refractivity contribution is 5.90. The fourth-order valence-electron chi connectivity index (χ4n) is 2.87. The van der Waals surface area contributed by atoms with Crippen LogP contribution in [-0.4, -0.2) is 25.7 Å². The van der Waals surface area contributed by atoms with Gasteiger partial charge in [0.2, 0.25) is 5.91 Å². The highest BCUT2D eigenvalue weighted by Gasteiger charge is 2.12. The number of carbonyl (C=O) groups is 1. The number of carbonyl (C=O) groups excluding carboxylic acids is 1. The van der Waals surface area contributed by atoms with Crippen molar-refractivity contribution in [1.29, 1.82) is 0 Å². The zero-order valence-electron chi connectivity index (χ0n) is 16.5. The average molecular weight is 413 g/mol. The Bertz CT molecular complexity index is 1230. The zero-order chi connectivity index (χ0) is 21.5. The van der Waals surface area contributed by atoms with Crippen molar-refractivity contribution in [3.8, 4) is 17.0 Å². The molecule has 1 amide bonds. The van der Waals surface area contributed by atoms with Crippen LogP contribution in [0.4, 0.5) is 5.82 Å². The summed E-state index contributed by atoms with van der Waals surface area (Å²) < 4.78 is 6.91. The van der Waals surface area contributed by atoms with Crippen LogP contribution < -0.4 is 15.6 Å². The van der Waals surface area contributed by atoms with Crippen LogP contribution in [0.15, 0.2) is 90.1 Å². The quantitative estimate of drug-likeness (QED) is 0.500. The number of benzene rings is 1. The maximum atomic E-state index is 12.6. The predicted octanol–water partition coefficient (Wildman–Crippen LogP) is 2.92. The van der Waals surface area contributed by atoms with Crippen molar-refractivity contribution in [2.24, 2.45) is 0 Å². The van der Waals surface area contributed by atoms with E-state index in [1.807, 2.05) is 42.5 Å². The minimum Gasteiger partial charge on any atom is -0.485 e.